The number of benzene rings is 1. The molecule has 23 heavy (non-hydrogen) atoms. The second kappa shape index (κ2) is 6.34. The maximum atomic E-state index is 11.3. The second-order valence-electron chi connectivity index (χ2n) is 5.55. The van der Waals surface area contributed by atoms with Crippen molar-refractivity contribution in [1.29, 1.82) is 0 Å². The number of fused-ring (bicyclic) bond motifs is 1. The van der Waals surface area contributed by atoms with Crippen molar-refractivity contribution in [3.63, 3.8) is 0 Å². The third-order valence-corrected chi connectivity index (χ3v) is 4.40. The Balaban J connectivity index is 1.77. The Morgan fingerprint density at radius 2 is 2.13 bits per heavy atom. The van der Waals surface area contributed by atoms with Gasteiger partial charge in [0.25, 0.3) is 0 Å². The van der Waals surface area contributed by atoms with Gasteiger partial charge < -0.3 is 15.3 Å². The third kappa shape index (κ3) is 3.17. The molecule has 2 heterocycles. The maximum absolute atomic E-state index is 11.3. The molecule has 0 saturated carbocycles. The van der Waals surface area contributed by atoms with Crippen LogP contribution >= 0.6 is 12.2 Å². The largest absolute Gasteiger partial charge is 0.478 e. The van der Waals surface area contributed by atoms with Crippen LogP contribution in [-0.4, -0.2) is 32.6 Å². The first-order chi connectivity index (χ1) is 11.1. The summed E-state index contributed by atoms with van der Waals surface area (Å²) in [4.78, 5) is 17.4. The summed E-state index contributed by atoms with van der Waals surface area (Å²) in [5.41, 5.74) is 4.19. The predicted octanol–water partition coefficient (Wildman–Crippen LogP) is 2.84. The fourth-order valence-corrected chi connectivity index (χ4v) is 3.02. The quantitative estimate of drug-likeness (QED) is 0.827. The molecule has 1 aromatic heterocycles. The molecule has 0 aliphatic carbocycles. The van der Waals surface area contributed by atoms with E-state index in [0.29, 0.717) is 30.2 Å². The number of hydrogen-bond donors (Lipinski definition) is 2. The lowest BCUT2D eigenvalue weighted by Gasteiger charge is -2.31. The van der Waals surface area contributed by atoms with Crippen LogP contribution < -0.4 is 5.32 Å². The van der Waals surface area contributed by atoms with Gasteiger partial charge in [-0.3, -0.25) is 4.98 Å². The standard InChI is InChI=1S/C17H17N3O2S/c1-11-4-2-3-5-15(11)19-17(23)20-7-6-13-12(10-20)8-18-9-14(13)16(21)22/h2-5,8-9H,6-7,10H2,1H3,(H,19,23)(H,21,22). The number of aromatic nitrogens is 1. The number of carbonyl (C=O) groups is 1. The summed E-state index contributed by atoms with van der Waals surface area (Å²) in [6.45, 7) is 3.29. The van der Waals surface area contributed by atoms with E-state index in [1.165, 1.54) is 6.20 Å². The number of nitrogens with zero attached hydrogens (tertiary/aromatic N) is 2. The van der Waals surface area contributed by atoms with Crippen molar-refractivity contribution < 1.29 is 9.90 Å². The Morgan fingerprint density at radius 1 is 1.35 bits per heavy atom. The monoisotopic (exact) mass is 327 g/mol. The average Bonchev–Trinajstić information content (AvgIpc) is 2.55. The predicted molar refractivity (Wildman–Crippen MR) is 92.7 cm³/mol. The SMILES string of the molecule is Cc1ccccc1NC(=S)N1CCc2c(cncc2C(=O)O)C1. The van der Waals surface area contributed by atoms with Crippen LogP contribution in [0.2, 0.25) is 0 Å². The van der Waals surface area contributed by atoms with Crippen LogP contribution in [0.15, 0.2) is 36.7 Å². The summed E-state index contributed by atoms with van der Waals surface area (Å²) in [7, 11) is 0. The van der Waals surface area contributed by atoms with Crippen LogP contribution in [0.25, 0.3) is 0 Å². The van der Waals surface area contributed by atoms with Crippen LogP contribution in [0.5, 0.6) is 0 Å². The molecule has 0 amide bonds. The Labute approximate surface area is 140 Å². The molecule has 1 aliphatic rings. The number of rotatable bonds is 2. The number of aromatic carboxylic acids is 1. The van der Waals surface area contributed by atoms with Crippen molar-refractivity contribution in [2.75, 3.05) is 11.9 Å². The first-order valence-corrected chi connectivity index (χ1v) is 7.77. The molecule has 0 radical (unpaired) electrons. The summed E-state index contributed by atoms with van der Waals surface area (Å²) < 4.78 is 0. The Kier molecular flexibility index (Phi) is 4.25. The van der Waals surface area contributed by atoms with Gasteiger partial charge in [0.1, 0.15) is 0 Å². The number of anilines is 1. The van der Waals surface area contributed by atoms with Gasteiger partial charge in [-0.15, -0.1) is 0 Å². The van der Waals surface area contributed by atoms with Gasteiger partial charge in [0, 0.05) is 31.2 Å². The molecule has 0 atom stereocenters. The van der Waals surface area contributed by atoms with E-state index in [-0.39, 0.29) is 0 Å². The van der Waals surface area contributed by atoms with Gasteiger partial charge >= 0.3 is 5.97 Å². The van der Waals surface area contributed by atoms with E-state index in [0.717, 1.165) is 22.4 Å². The third-order valence-electron chi connectivity index (χ3n) is 4.04. The zero-order chi connectivity index (χ0) is 16.4. The van der Waals surface area contributed by atoms with E-state index >= 15 is 0 Å². The number of pyridine rings is 1. The average molecular weight is 327 g/mol. The molecule has 1 aliphatic heterocycles. The number of carboxylic acids is 1. The topological polar surface area (TPSA) is 65.5 Å². The molecular weight excluding hydrogens is 310 g/mol. The fraction of sp³-hybridized carbons (Fsp3) is 0.235. The lowest BCUT2D eigenvalue weighted by atomic mass is 9.97. The second-order valence-corrected chi connectivity index (χ2v) is 5.93. The van der Waals surface area contributed by atoms with Crippen molar-refractivity contribution in [1.82, 2.24) is 9.88 Å². The van der Waals surface area contributed by atoms with Gasteiger partial charge in [-0.05, 0) is 48.3 Å². The van der Waals surface area contributed by atoms with E-state index in [1.54, 1.807) is 6.20 Å². The van der Waals surface area contributed by atoms with Crippen LogP contribution in [-0.2, 0) is 13.0 Å². The van der Waals surface area contributed by atoms with Crippen molar-refractivity contribution in [3.05, 3.63) is 58.9 Å². The highest BCUT2D eigenvalue weighted by molar-refractivity contribution is 7.80. The van der Waals surface area contributed by atoms with E-state index in [4.69, 9.17) is 12.2 Å². The van der Waals surface area contributed by atoms with Crippen LogP contribution in [0.3, 0.4) is 0 Å². The van der Waals surface area contributed by atoms with E-state index in [9.17, 15) is 9.90 Å². The minimum atomic E-state index is -0.927. The van der Waals surface area contributed by atoms with Gasteiger partial charge in [0.05, 0.1) is 5.56 Å². The zero-order valence-corrected chi connectivity index (χ0v) is 13.6. The van der Waals surface area contributed by atoms with E-state index < -0.39 is 5.97 Å². The summed E-state index contributed by atoms with van der Waals surface area (Å²) >= 11 is 5.51. The Morgan fingerprint density at radius 3 is 2.87 bits per heavy atom. The molecule has 2 aromatic rings. The molecule has 118 valence electrons. The van der Waals surface area contributed by atoms with Crippen molar-refractivity contribution >= 4 is 29.0 Å². The van der Waals surface area contributed by atoms with Crippen LogP contribution in [0.1, 0.15) is 27.0 Å². The smallest absolute Gasteiger partial charge is 0.337 e. The highest BCUT2D eigenvalue weighted by Crippen LogP contribution is 2.23. The molecule has 3 rings (SSSR count). The maximum Gasteiger partial charge on any atom is 0.337 e. The van der Waals surface area contributed by atoms with Gasteiger partial charge in [-0.1, -0.05) is 18.2 Å². The molecule has 6 heteroatoms. The van der Waals surface area contributed by atoms with Gasteiger partial charge in [0.2, 0.25) is 0 Å². The number of para-hydroxylation sites is 1. The van der Waals surface area contributed by atoms with Crippen molar-refractivity contribution in [2.45, 2.75) is 19.9 Å². The van der Waals surface area contributed by atoms with Crippen LogP contribution in [0.4, 0.5) is 5.69 Å². The normalized spacial score (nSPS) is 13.3. The molecular formula is C17H17N3O2S. The van der Waals surface area contributed by atoms with E-state index in [1.807, 2.05) is 36.1 Å². The minimum absolute atomic E-state index is 0.292. The molecule has 0 fully saturated rings. The fourth-order valence-electron chi connectivity index (χ4n) is 2.76. The van der Waals surface area contributed by atoms with Crippen LogP contribution in [0, 0.1) is 6.92 Å². The van der Waals surface area contributed by atoms with Gasteiger partial charge in [0.15, 0.2) is 5.11 Å². The lowest BCUT2D eigenvalue weighted by Crippen LogP contribution is -2.39. The van der Waals surface area contributed by atoms with E-state index in [2.05, 4.69) is 10.3 Å². The molecule has 0 spiro atoms. The Hall–Kier alpha value is -2.47. The molecule has 5 nitrogen and oxygen atoms in total. The number of nitrogens with one attached hydrogen (secondary N) is 1. The summed E-state index contributed by atoms with van der Waals surface area (Å²) in [5.74, 6) is -0.927. The van der Waals surface area contributed by atoms with Crippen molar-refractivity contribution in [2.24, 2.45) is 0 Å². The van der Waals surface area contributed by atoms with Gasteiger partial charge in [-0.2, -0.15) is 0 Å². The number of carboxylic acid groups (broad SMARTS) is 1. The minimum Gasteiger partial charge on any atom is -0.478 e. The summed E-state index contributed by atoms with van der Waals surface area (Å²) in [6, 6.07) is 7.97. The summed E-state index contributed by atoms with van der Waals surface area (Å²) in [6.07, 6.45) is 3.79. The van der Waals surface area contributed by atoms with Gasteiger partial charge in [-0.25, -0.2) is 4.79 Å². The number of thiocarbonyl (C=S) groups is 1. The molecule has 0 unspecified atom stereocenters. The molecule has 2 N–H and O–H groups in total. The molecule has 0 bridgehead atoms. The molecule has 1 aromatic carbocycles. The number of aryl methyl sites for hydroxylation is 1. The summed E-state index contributed by atoms with van der Waals surface area (Å²) in [5, 5.41) is 13.2. The highest BCUT2D eigenvalue weighted by atomic mass is 32.1. The van der Waals surface area contributed by atoms with Crippen molar-refractivity contribution in [3.8, 4) is 0 Å². The first kappa shape index (κ1) is 15.4. The zero-order valence-electron chi connectivity index (χ0n) is 12.7. The lowest BCUT2D eigenvalue weighted by molar-refractivity contribution is 0.0694. The Bertz CT molecular complexity index is 776. The first-order valence-electron chi connectivity index (χ1n) is 7.37. The molecule has 0 saturated heterocycles. The highest BCUT2D eigenvalue weighted by Gasteiger charge is 2.23. The number of hydrogen-bond acceptors (Lipinski definition) is 3.